The first-order chi connectivity index (χ1) is 12.0. The minimum atomic E-state index is -0.694. The zero-order chi connectivity index (χ0) is 19.9. The summed E-state index contributed by atoms with van der Waals surface area (Å²) in [7, 11) is 0. The fourth-order valence-electron chi connectivity index (χ4n) is 2.19. The molecule has 0 fully saturated rings. The van der Waals surface area contributed by atoms with Gasteiger partial charge in [0.25, 0.3) is 0 Å². The number of alkyl carbamates (subject to hydrolysis) is 1. The average molecular weight is 364 g/mol. The summed E-state index contributed by atoms with van der Waals surface area (Å²) < 4.78 is 10.8. The summed E-state index contributed by atoms with van der Waals surface area (Å²) in [5.41, 5.74) is 1.02. The molecule has 1 unspecified atom stereocenters. The van der Waals surface area contributed by atoms with E-state index in [1.54, 1.807) is 20.8 Å². The molecule has 0 aliphatic carbocycles. The van der Waals surface area contributed by atoms with Crippen LogP contribution in [0.15, 0.2) is 24.3 Å². The van der Waals surface area contributed by atoms with Crippen LogP contribution in [-0.4, -0.2) is 29.7 Å². The van der Waals surface area contributed by atoms with Crippen LogP contribution in [0.2, 0.25) is 0 Å². The maximum absolute atomic E-state index is 12.6. The van der Waals surface area contributed by atoms with E-state index in [0.717, 1.165) is 5.56 Å². The van der Waals surface area contributed by atoms with Crippen LogP contribution in [-0.2, 0) is 20.9 Å². The third kappa shape index (κ3) is 8.34. The molecule has 0 saturated carbocycles. The highest BCUT2D eigenvalue weighted by Crippen LogP contribution is 2.15. The molecule has 0 bridgehead atoms. The van der Waals surface area contributed by atoms with Gasteiger partial charge in [-0.1, -0.05) is 26.0 Å². The lowest BCUT2D eigenvalue weighted by atomic mass is 10.0. The van der Waals surface area contributed by atoms with Crippen LogP contribution in [0.25, 0.3) is 0 Å². The van der Waals surface area contributed by atoms with Gasteiger partial charge in [0.2, 0.25) is 5.91 Å². The number of rotatable bonds is 7. The second-order valence-corrected chi connectivity index (χ2v) is 7.92. The van der Waals surface area contributed by atoms with Crippen molar-refractivity contribution in [1.82, 2.24) is 5.32 Å². The molecule has 0 spiro atoms. The first kappa shape index (κ1) is 22.0. The minimum Gasteiger partial charge on any atom is -0.444 e. The lowest BCUT2D eigenvalue weighted by molar-refractivity contribution is -0.119. The molecule has 1 atom stereocenters. The highest BCUT2D eigenvalue weighted by Gasteiger charge is 2.27. The van der Waals surface area contributed by atoms with Gasteiger partial charge in [0.15, 0.2) is 0 Å². The second-order valence-electron chi connectivity index (χ2n) is 7.92. The van der Waals surface area contributed by atoms with Crippen LogP contribution in [0.1, 0.15) is 54.0 Å². The van der Waals surface area contributed by atoms with Crippen LogP contribution in [0.4, 0.5) is 10.5 Å². The van der Waals surface area contributed by atoms with Gasteiger partial charge in [-0.05, 0) is 58.2 Å². The third-order valence-electron chi connectivity index (χ3n) is 3.40. The molecular formula is C20H32N2O4. The van der Waals surface area contributed by atoms with Gasteiger partial charge in [0.1, 0.15) is 11.6 Å². The Morgan fingerprint density at radius 1 is 1.12 bits per heavy atom. The quantitative estimate of drug-likeness (QED) is 0.764. The van der Waals surface area contributed by atoms with Crippen molar-refractivity contribution in [2.45, 2.75) is 72.8 Å². The molecule has 2 N–H and O–H groups in total. The van der Waals surface area contributed by atoms with Crippen molar-refractivity contribution in [2.75, 3.05) is 5.32 Å². The van der Waals surface area contributed by atoms with Gasteiger partial charge < -0.3 is 20.1 Å². The topological polar surface area (TPSA) is 76.7 Å². The Morgan fingerprint density at radius 3 is 2.31 bits per heavy atom. The number of hydrogen-bond acceptors (Lipinski definition) is 4. The fraction of sp³-hybridized carbons (Fsp3) is 0.600. The van der Waals surface area contributed by atoms with Crippen LogP contribution < -0.4 is 10.6 Å². The maximum atomic E-state index is 12.6. The normalized spacial score (nSPS) is 12.8. The molecule has 26 heavy (non-hydrogen) atoms. The molecule has 2 amide bonds. The van der Waals surface area contributed by atoms with E-state index in [1.165, 1.54) is 0 Å². The highest BCUT2D eigenvalue weighted by molar-refractivity contribution is 5.96. The van der Waals surface area contributed by atoms with E-state index >= 15 is 0 Å². The summed E-state index contributed by atoms with van der Waals surface area (Å²) in [5.74, 6) is -0.372. The monoisotopic (exact) mass is 364 g/mol. The second kappa shape index (κ2) is 9.57. The van der Waals surface area contributed by atoms with Crippen LogP contribution >= 0.6 is 0 Å². The van der Waals surface area contributed by atoms with Crippen molar-refractivity contribution in [2.24, 2.45) is 5.92 Å². The molecule has 6 heteroatoms. The molecule has 1 aromatic carbocycles. The molecule has 146 valence electrons. The van der Waals surface area contributed by atoms with Crippen molar-refractivity contribution < 1.29 is 19.1 Å². The molecule has 0 radical (unpaired) electrons. The third-order valence-corrected chi connectivity index (χ3v) is 3.40. The predicted molar refractivity (Wildman–Crippen MR) is 103 cm³/mol. The Balaban J connectivity index is 2.75. The molecule has 0 aliphatic heterocycles. The number of ether oxygens (including phenoxy) is 2. The van der Waals surface area contributed by atoms with Gasteiger partial charge in [0, 0.05) is 5.69 Å². The average Bonchev–Trinajstić information content (AvgIpc) is 2.49. The number of amides is 2. The van der Waals surface area contributed by atoms with E-state index in [1.807, 2.05) is 52.0 Å². The predicted octanol–water partition coefficient (Wildman–Crippen LogP) is 4.10. The smallest absolute Gasteiger partial charge is 0.408 e. The molecule has 0 aromatic heterocycles. The van der Waals surface area contributed by atoms with E-state index in [4.69, 9.17) is 9.47 Å². The number of anilines is 1. The van der Waals surface area contributed by atoms with Crippen LogP contribution in [0.5, 0.6) is 0 Å². The molecule has 6 nitrogen and oxygen atoms in total. The molecule has 0 aliphatic rings. The number of carbonyl (C=O) groups is 2. The van der Waals surface area contributed by atoms with Gasteiger partial charge in [-0.3, -0.25) is 4.79 Å². The van der Waals surface area contributed by atoms with E-state index in [9.17, 15) is 9.59 Å². The first-order valence-corrected chi connectivity index (χ1v) is 8.99. The zero-order valence-corrected chi connectivity index (χ0v) is 16.9. The molecule has 1 rings (SSSR count). The van der Waals surface area contributed by atoms with Crippen molar-refractivity contribution in [1.29, 1.82) is 0 Å². The number of nitrogens with one attached hydrogen (secondary N) is 2. The van der Waals surface area contributed by atoms with Gasteiger partial charge in [-0.2, -0.15) is 0 Å². The van der Waals surface area contributed by atoms with Crippen LogP contribution in [0, 0.1) is 5.92 Å². The molecular weight excluding hydrogens is 332 g/mol. The van der Waals surface area contributed by atoms with Crippen molar-refractivity contribution in [3.63, 3.8) is 0 Å². The lowest BCUT2D eigenvalue weighted by Crippen LogP contribution is -2.48. The van der Waals surface area contributed by atoms with Crippen molar-refractivity contribution >= 4 is 17.7 Å². The number of hydrogen-bond donors (Lipinski definition) is 2. The molecule has 0 heterocycles. The van der Waals surface area contributed by atoms with E-state index in [-0.39, 0.29) is 17.9 Å². The van der Waals surface area contributed by atoms with E-state index < -0.39 is 17.7 Å². The largest absolute Gasteiger partial charge is 0.444 e. The van der Waals surface area contributed by atoms with Crippen molar-refractivity contribution in [3.8, 4) is 0 Å². The van der Waals surface area contributed by atoms with Gasteiger partial charge in [0.05, 0.1) is 12.7 Å². The van der Waals surface area contributed by atoms with E-state index in [2.05, 4.69) is 10.6 Å². The summed E-state index contributed by atoms with van der Waals surface area (Å²) in [5, 5.41) is 5.50. The standard InChI is InChI=1S/C20H32N2O4/c1-13(2)17(22-19(24)26-20(5,6)7)18(23)21-16-10-8-9-15(11-16)12-25-14(3)4/h8-11,13-14,17H,12H2,1-7H3,(H,21,23)(H,22,24). The summed E-state index contributed by atoms with van der Waals surface area (Å²) in [4.78, 5) is 24.6. The number of carbonyl (C=O) groups excluding carboxylic acids is 2. The Morgan fingerprint density at radius 2 is 1.77 bits per heavy atom. The first-order valence-electron chi connectivity index (χ1n) is 8.99. The zero-order valence-electron chi connectivity index (χ0n) is 16.9. The van der Waals surface area contributed by atoms with Gasteiger partial charge in [-0.15, -0.1) is 0 Å². The molecule has 0 saturated heterocycles. The van der Waals surface area contributed by atoms with Gasteiger partial charge in [-0.25, -0.2) is 4.79 Å². The Kier molecular flexibility index (Phi) is 8.08. The minimum absolute atomic E-state index is 0.0880. The summed E-state index contributed by atoms with van der Waals surface area (Å²) in [6.45, 7) is 13.5. The fourth-order valence-corrected chi connectivity index (χ4v) is 2.19. The summed E-state index contributed by atoms with van der Waals surface area (Å²) in [6, 6.07) is 6.78. The SMILES string of the molecule is CC(C)OCc1cccc(NC(=O)C(NC(=O)OC(C)(C)C)C(C)C)c1. The molecule has 1 aromatic rings. The highest BCUT2D eigenvalue weighted by atomic mass is 16.6. The number of benzene rings is 1. The Bertz CT molecular complexity index is 606. The maximum Gasteiger partial charge on any atom is 0.408 e. The lowest BCUT2D eigenvalue weighted by Gasteiger charge is -2.25. The Labute approximate surface area is 156 Å². The summed E-state index contributed by atoms with van der Waals surface area (Å²) in [6.07, 6.45) is -0.470. The van der Waals surface area contributed by atoms with E-state index in [0.29, 0.717) is 12.3 Å². The van der Waals surface area contributed by atoms with Gasteiger partial charge >= 0.3 is 6.09 Å². The summed E-state index contributed by atoms with van der Waals surface area (Å²) >= 11 is 0. The van der Waals surface area contributed by atoms with Crippen LogP contribution in [0.3, 0.4) is 0 Å². The Hall–Kier alpha value is -2.08. The van der Waals surface area contributed by atoms with Crippen molar-refractivity contribution in [3.05, 3.63) is 29.8 Å².